The van der Waals surface area contributed by atoms with E-state index in [9.17, 15) is 13.2 Å². The summed E-state index contributed by atoms with van der Waals surface area (Å²) in [6.45, 7) is 4.14. The smallest absolute Gasteiger partial charge is 0.244 e. The summed E-state index contributed by atoms with van der Waals surface area (Å²) in [6.07, 6.45) is 3.86. The number of benzene rings is 1. The molecule has 1 fully saturated rings. The van der Waals surface area contributed by atoms with Crippen LogP contribution in [0, 0.1) is 0 Å². The molecule has 2 rings (SSSR count). The molecule has 0 aliphatic carbocycles. The number of rotatable bonds is 7. The minimum absolute atomic E-state index is 0.0564. The highest BCUT2D eigenvalue weighted by Gasteiger charge is 2.41. The van der Waals surface area contributed by atoms with Gasteiger partial charge in [-0.2, -0.15) is 0 Å². The number of amides is 1. The van der Waals surface area contributed by atoms with Crippen molar-refractivity contribution in [2.45, 2.75) is 31.7 Å². The van der Waals surface area contributed by atoms with Gasteiger partial charge in [-0.1, -0.05) is 30.3 Å². The van der Waals surface area contributed by atoms with Gasteiger partial charge in [0.15, 0.2) is 0 Å². The lowest BCUT2D eigenvalue weighted by Gasteiger charge is -2.37. The lowest BCUT2D eigenvalue weighted by molar-refractivity contribution is -0.132. The molecule has 0 bridgehead atoms. The zero-order chi connectivity index (χ0) is 16.9. The van der Waals surface area contributed by atoms with Crippen molar-refractivity contribution >= 4 is 15.7 Å². The van der Waals surface area contributed by atoms with Crippen molar-refractivity contribution in [3.8, 4) is 0 Å². The fourth-order valence-electron chi connectivity index (χ4n) is 3.09. The van der Waals surface area contributed by atoms with E-state index in [1.807, 2.05) is 37.3 Å². The maximum atomic E-state index is 12.9. The summed E-state index contributed by atoms with van der Waals surface area (Å²) in [5.74, 6) is 0.0399. The highest BCUT2D eigenvalue weighted by molar-refractivity contribution is 7.90. The van der Waals surface area contributed by atoms with Crippen LogP contribution in [0.4, 0.5) is 0 Å². The third-order valence-electron chi connectivity index (χ3n) is 4.49. The molecule has 0 spiro atoms. The van der Waals surface area contributed by atoms with Crippen molar-refractivity contribution in [1.82, 2.24) is 10.2 Å². The number of hydrogen-bond acceptors (Lipinski definition) is 4. The van der Waals surface area contributed by atoms with E-state index in [1.54, 1.807) is 0 Å². The normalized spacial score (nSPS) is 18.5. The van der Waals surface area contributed by atoms with Crippen LogP contribution in [0.3, 0.4) is 0 Å². The van der Waals surface area contributed by atoms with E-state index >= 15 is 0 Å². The monoisotopic (exact) mass is 338 g/mol. The van der Waals surface area contributed by atoms with Crippen molar-refractivity contribution in [3.05, 3.63) is 35.9 Å². The van der Waals surface area contributed by atoms with Gasteiger partial charge in [-0.15, -0.1) is 0 Å². The standard InChI is InChI=1S/C17H26N2O3S/c1-17(19-12-6-7-13-19,15-9-4-3-5-10-15)16(20)18-11-8-14-23(2,21)22/h3-5,9-10H,6-8,11-14H2,1-2H3,(H,18,20)/t17-/m1/s1. The quantitative estimate of drug-likeness (QED) is 0.766. The Bertz CT molecular complexity index is 624. The van der Waals surface area contributed by atoms with E-state index in [4.69, 9.17) is 0 Å². The van der Waals surface area contributed by atoms with E-state index in [-0.39, 0.29) is 11.7 Å². The highest BCUT2D eigenvalue weighted by Crippen LogP contribution is 2.31. The Labute approximate surface area is 139 Å². The maximum Gasteiger partial charge on any atom is 0.244 e. The van der Waals surface area contributed by atoms with E-state index in [1.165, 1.54) is 6.26 Å². The lowest BCUT2D eigenvalue weighted by Crippen LogP contribution is -2.53. The van der Waals surface area contributed by atoms with Crippen molar-refractivity contribution in [2.24, 2.45) is 0 Å². The van der Waals surface area contributed by atoms with Crippen LogP contribution in [0.15, 0.2) is 30.3 Å². The molecule has 5 nitrogen and oxygen atoms in total. The van der Waals surface area contributed by atoms with Gasteiger partial charge in [0.05, 0.1) is 5.75 Å². The third-order valence-corrected chi connectivity index (χ3v) is 5.52. The van der Waals surface area contributed by atoms with Gasteiger partial charge in [-0.05, 0) is 44.8 Å². The number of likely N-dealkylation sites (tertiary alicyclic amines) is 1. The summed E-state index contributed by atoms with van der Waals surface area (Å²) in [6, 6.07) is 9.79. The van der Waals surface area contributed by atoms with Gasteiger partial charge >= 0.3 is 0 Å². The van der Waals surface area contributed by atoms with Gasteiger partial charge in [-0.25, -0.2) is 8.42 Å². The maximum absolute atomic E-state index is 12.9. The van der Waals surface area contributed by atoms with Gasteiger partial charge in [0.1, 0.15) is 15.4 Å². The van der Waals surface area contributed by atoms with Crippen molar-refractivity contribution < 1.29 is 13.2 Å². The summed E-state index contributed by atoms with van der Waals surface area (Å²) in [5.41, 5.74) is 0.269. The molecule has 23 heavy (non-hydrogen) atoms. The molecule has 1 aliphatic heterocycles. The summed E-state index contributed by atoms with van der Waals surface area (Å²) in [7, 11) is -2.99. The minimum Gasteiger partial charge on any atom is -0.354 e. The van der Waals surface area contributed by atoms with Crippen LogP contribution in [-0.2, 0) is 20.2 Å². The Morgan fingerprint density at radius 2 is 1.83 bits per heavy atom. The number of nitrogens with zero attached hydrogens (tertiary/aromatic N) is 1. The first-order valence-corrected chi connectivity index (χ1v) is 10.2. The van der Waals surface area contributed by atoms with Crippen molar-refractivity contribution in [3.63, 3.8) is 0 Å². The lowest BCUT2D eigenvalue weighted by atomic mass is 9.89. The number of carbonyl (C=O) groups excluding carboxylic acids is 1. The fourth-order valence-corrected chi connectivity index (χ4v) is 3.76. The summed E-state index contributed by atoms with van der Waals surface area (Å²) in [5, 5.41) is 2.93. The van der Waals surface area contributed by atoms with Gasteiger partial charge in [0, 0.05) is 12.8 Å². The molecular formula is C17H26N2O3S. The Kier molecular flexibility index (Phi) is 5.81. The fraction of sp³-hybridized carbons (Fsp3) is 0.588. The largest absolute Gasteiger partial charge is 0.354 e. The molecule has 128 valence electrons. The first-order chi connectivity index (χ1) is 10.8. The average molecular weight is 338 g/mol. The highest BCUT2D eigenvalue weighted by atomic mass is 32.2. The van der Waals surface area contributed by atoms with Gasteiger partial charge in [-0.3, -0.25) is 9.69 Å². The van der Waals surface area contributed by atoms with Crippen LogP contribution >= 0.6 is 0 Å². The molecule has 1 heterocycles. The molecule has 6 heteroatoms. The molecule has 0 aromatic heterocycles. The van der Waals surface area contributed by atoms with Crippen molar-refractivity contribution in [2.75, 3.05) is 31.6 Å². The number of carbonyl (C=O) groups is 1. The SMILES string of the molecule is C[C@](C(=O)NCCCS(C)(=O)=O)(c1ccccc1)N1CCCC1. The first kappa shape index (κ1) is 17.9. The second kappa shape index (κ2) is 7.45. The summed E-state index contributed by atoms with van der Waals surface area (Å²) in [4.78, 5) is 15.1. The van der Waals surface area contributed by atoms with Crippen LogP contribution in [0.5, 0.6) is 0 Å². The Balaban J connectivity index is 2.09. The molecule has 1 saturated heterocycles. The molecule has 1 N–H and O–H groups in total. The molecule has 1 atom stereocenters. The first-order valence-electron chi connectivity index (χ1n) is 8.10. The zero-order valence-electron chi connectivity index (χ0n) is 13.9. The summed E-state index contributed by atoms with van der Waals surface area (Å²) >= 11 is 0. The Hall–Kier alpha value is -1.40. The Morgan fingerprint density at radius 1 is 1.22 bits per heavy atom. The molecule has 0 saturated carbocycles. The second-order valence-corrected chi connectivity index (χ2v) is 8.63. The average Bonchev–Trinajstić information content (AvgIpc) is 3.05. The van der Waals surface area contributed by atoms with Gasteiger partial charge in [0.25, 0.3) is 0 Å². The van der Waals surface area contributed by atoms with Crippen LogP contribution in [0.25, 0.3) is 0 Å². The van der Waals surface area contributed by atoms with E-state index < -0.39 is 15.4 Å². The summed E-state index contributed by atoms with van der Waals surface area (Å²) < 4.78 is 22.4. The number of sulfone groups is 1. The van der Waals surface area contributed by atoms with Gasteiger partial charge < -0.3 is 5.32 Å². The van der Waals surface area contributed by atoms with Crippen LogP contribution in [0.2, 0.25) is 0 Å². The van der Waals surface area contributed by atoms with Crippen LogP contribution in [-0.4, -0.2) is 50.9 Å². The van der Waals surface area contributed by atoms with E-state index in [2.05, 4.69) is 10.2 Å². The molecule has 1 aliphatic rings. The number of nitrogens with one attached hydrogen (secondary N) is 1. The zero-order valence-corrected chi connectivity index (χ0v) is 14.7. The Morgan fingerprint density at radius 3 is 2.39 bits per heavy atom. The predicted octanol–water partition coefficient (Wildman–Crippen LogP) is 1.55. The number of hydrogen-bond donors (Lipinski definition) is 1. The minimum atomic E-state index is -2.99. The third kappa shape index (κ3) is 4.54. The molecule has 1 amide bonds. The molecule has 0 unspecified atom stereocenters. The predicted molar refractivity (Wildman–Crippen MR) is 91.9 cm³/mol. The van der Waals surface area contributed by atoms with E-state index in [0.717, 1.165) is 31.5 Å². The molecular weight excluding hydrogens is 312 g/mol. The topological polar surface area (TPSA) is 66.5 Å². The second-order valence-electron chi connectivity index (χ2n) is 6.37. The van der Waals surface area contributed by atoms with Crippen LogP contribution < -0.4 is 5.32 Å². The van der Waals surface area contributed by atoms with Gasteiger partial charge in [0.2, 0.25) is 5.91 Å². The molecule has 0 radical (unpaired) electrons. The van der Waals surface area contributed by atoms with Crippen LogP contribution in [0.1, 0.15) is 31.7 Å². The van der Waals surface area contributed by atoms with Crippen molar-refractivity contribution in [1.29, 1.82) is 0 Å². The molecule has 1 aromatic carbocycles. The van der Waals surface area contributed by atoms with E-state index in [0.29, 0.717) is 13.0 Å². The molecule has 1 aromatic rings.